The van der Waals surface area contributed by atoms with Crippen LogP contribution >= 0.6 is 11.6 Å². The van der Waals surface area contributed by atoms with Gasteiger partial charge >= 0.3 is 0 Å². The summed E-state index contributed by atoms with van der Waals surface area (Å²) in [7, 11) is -4.34. The number of rotatable bonds is 10. The predicted molar refractivity (Wildman–Crippen MR) is 151 cm³/mol. The molecule has 208 valence electrons. The lowest BCUT2D eigenvalue weighted by atomic mass is 10.1. The van der Waals surface area contributed by atoms with Gasteiger partial charge in [-0.25, -0.2) is 12.8 Å². The highest BCUT2D eigenvalue weighted by atomic mass is 35.5. The summed E-state index contributed by atoms with van der Waals surface area (Å²) in [5, 5.41) is 3.41. The van der Waals surface area contributed by atoms with Crippen molar-refractivity contribution in [3.05, 3.63) is 95.3 Å². The Bertz CT molecular complexity index is 1390. The fraction of sp³-hybridized carbons (Fsp3) is 0.310. The number of nitrogens with zero attached hydrogens (tertiary/aromatic N) is 2. The lowest BCUT2D eigenvalue weighted by Gasteiger charge is -2.34. The molecule has 39 heavy (non-hydrogen) atoms. The third kappa shape index (κ3) is 7.80. The highest BCUT2D eigenvalue weighted by Crippen LogP contribution is 2.27. The lowest BCUT2D eigenvalue weighted by Crippen LogP contribution is -2.55. The summed E-state index contributed by atoms with van der Waals surface area (Å²) in [4.78, 5) is 28.5. The zero-order valence-corrected chi connectivity index (χ0v) is 24.0. The van der Waals surface area contributed by atoms with Crippen LogP contribution in [0.3, 0.4) is 0 Å². The van der Waals surface area contributed by atoms with Gasteiger partial charge in [-0.05, 0) is 69.2 Å². The molecule has 0 spiro atoms. The van der Waals surface area contributed by atoms with Crippen molar-refractivity contribution in [1.82, 2.24) is 10.2 Å². The Morgan fingerprint density at radius 1 is 0.949 bits per heavy atom. The molecule has 0 aliphatic heterocycles. The van der Waals surface area contributed by atoms with Crippen LogP contribution in [0.1, 0.15) is 39.7 Å². The van der Waals surface area contributed by atoms with Gasteiger partial charge in [0.25, 0.3) is 10.0 Å². The monoisotopic (exact) mass is 573 g/mol. The van der Waals surface area contributed by atoms with E-state index in [1.54, 1.807) is 49.4 Å². The van der Waals surface area contributed by atoms with Crippen LogP contribution < -0.4 is 9.62 Å². The van der Waals surface area contributed by atoms with E-state index in [9.17, 15) is 22.4 Å². The van der Waals surface area contributed by atoms with Crippen molar-refractivity contribution in [2.24, 2.45) is 0 Å². The number of hydrogen-bond acceptors (Lipinski definition) is 4. The summed E-state index contributed by atoms with van der Waals surface area (Å²) in [6.45, 7) is 6.55. The summed E-state index contributed by atoms with van der Waals surface area (Å²) in [5.74, 6) is -1.84. The number of nitrogens with one attached hydrogen (secondary N) is 1. The summed E-state index contributed by atoms with van der Waals surface area (Å²) in [5.41, 5.74) is -0.138. The molecule has 0 aromatic heterocycles. The highest BCUT2D eigenvalue weighted by molar-refractivity contribution is 7.92. The Hall–Kier alpha value is -3.43. The van der Waals surface area contributed by atoms with E-state index in [4.69, 9.17) is 11.6 Å². The Morgan fingerprint density at radius 2 is 1.54 bits per heavy atom. The first-order valence-corrected chi connectivity index (χ1v) is 14.3. The minimum Gasteiger partial charge on any atom is -0.350 e. The van der Waals surface area contributed by atoms with Crippen molar-refractivity contribution < 1.29 is 22.4 Å². The molecule has 7 nitrogen and oxygen atoms in total. The van der Waals surface area contributed by atoms with Gasteiger partial charge in [0.15, 0.2) is 0 Å². The number of anilines is 1. The Morgan fingerprint density at radius 3 is 2.10 bits per heavy atom. The van der Waals surface area contributed by atoms with E-state index in [1.165, 1.54) is 35.2 Å². The van der Waals surface area contributed by atoms with Gasteiger partial charge in [-0.1, -0.05) is 61.0 Å². The van der Waals surface area contributed by atoms with Gasteiger partial charge in [0.2, 0.25) is 11.8 Å². The topological polar surface area (TPSA) is 86.8 Å². The maximum Gasteiger partial charge on any atom is 0.264 e. The lowest BCUT2D eigenvalue weighted by molar-refractivity contribution is -0.141. The number of hydrogen-bond donors (Lipinski definition) is 1. The number of para-hydroxylation sites is 1. The van der Waals surface area contributed by atoms with Gasteiger partial charge < -0.3 is 10.2 Å². The fourth-order valence-electron chi connectivity index (χ4n) is 4.05. The molecule has 3 rings (SSSR count). The van der Waals surface area contributed by atoms with Crippen molar-refractivity contribution in [2.75, 3.05) is 10.8 Å². The highest BCUT2D eigenvalue weighted by Gasteiger charge is 2.35. The molecule has 0 heterocycles. The van der Waals surface area contributed by atoms with E-state index >= 15 is 0 Å². The van der Waals surface area contributed by atoms with Crippen LogP contribution in [-0.4, -0.2) is 43.3 Å². The Kier molecular flexibility index (Phi) is 9.74. The van der Waals surface area contributed by atoms with Crippen LogP contribution in [0.25, 0.3) is 0 Å². The molecule has 1 N–H and O–H groups in total. The molecule has 1 atom stereocenters. The molecular formula is C29H33ClFN3O4S. The molecule has 0 radical (unpaired) electrons. The summed E-state index contributed by atoms with van der Waals surface area (Å²) >= 11 is 6.03. The van der Waals surface area contributed by atoms with Crippen LogP contribution in [0.5, 0.6) is 0 Å². The van der Waals surface area contributed by atoms with Crippen LogP contribution in [0.2, 0.25) is 5.02 Å². The van der Waals surface area contributed by atoms with E-state index in [2.05, 4.69) is 5.32 Å². The Labute approximate surface area is 234 Å². The molecule has 0 fully saturated rings. The van der Waals surface area contributed by atoms with Crippen LogP contribution in [0.15, 0.2) is 83.8 Å². The van der Waals surface area contributed by atoms with Crippen LogP contribution in [0, 0.1) is 5.82 Å². The van der Waals surface area contributed by atoms with E-state index in [-0.39, 0.29) is 29.5 Å². The number of amides is 2. The van der Waals surface area contributed by atoms with Gasteiger partial charge in [0.1, 0.15) is 18.4 Å². The fourth-order valence-corrected chi connectivity index (χ4v) is 5.61. The first-order valence-electron chi connectivity index (χ1n) is 12.5. The first-order chi connectivity index (χ1) is 18.3. The molecule has 0 unspecified atom stereocenters. The zero-order valence-electron chi connectivity index (χ0n) is 22.4. The average molecular weight is 574 g/mol. The smallest absolute Gasteiger partial charge is 0.264 e. The molecule has 0 aliphatic rings. The second-order valence-corrected chi connectivity index (χ2v) is 12.4. The molecule has 0 saturated carbocycles. The maximum atomic E-state index is 15.0. The molecule has 3 aromatic carbocycles. The van der Waals surface area contributed by atoms with Gasteiger partial charge in [0.05, 0.1) is 10.6 Å². The predicted octanol–water partition coefficient (Wildman–Crippen LogP) is 5.40. The maximum absolute atomic E-state index is 15.0. The largest absolute Gasteiger partial charge is 0.350 e. The quantitative estimate of drug-likeness (QED) is 0.352. The average Bonchev–Trinajstić information content (AvgIpc) is 2.88. The molecule has 0 aliphatic carbocycles. The molecular weight excluding hydrogens is 541 g/mol. The minimum atomic E-state index is -4.34. The summed E-state index contributed by atoms with van der Waals surface area (Å²) < 4.78 is 43.1. The van der Waals surface area contributed by atoms with E-state index in [1.807, 2.05) is 20.8 Å². The van der Waals surface area contributed by atoms with Crippen molar-refractivity contribution >= 4 is 39.1 Å². The number of carbonyl (C=O) groups excluding carboxylic acids is 2. The second-order valence-electron chi connectivity index (χ2n) is 10.1. The zero-order chi connectivity index (χ0) is 28.8. The van der Waals surface area contributed by atoms with E-state index in [0.29, 0.717) is 10.6 Å². The van der Waals surface area contributed by atoms with Crippen LogP contribution in [0.4, 0.5) is 10.1 Å². The Balaban J connectivity index is 2.07. The third-order valence-corrected chi connectivity index (χ3v) is 7.91. The van der Waals surface area contributed by atoms with Crippen molar-refractivity contribution in [2.45, 2.75) is 57.1 Å². The normalized spacial score (nSPS) is 12.5. The minimum absolute atomic E-state index is 0.0164. The number of halogens is 2. The van der Waals surface area contributed by atoms with Gasteiger partial charge in [-0.2, -0.15) is 0 Å². The molecule has 0 saturated heterocycles. The molecule has 2 amide bonds. The number of benzene rings is 3. The van der Waals surface area contributed by atoms with Crippen LogP contribution in [-0.2, 0) is 26.2 Å². The van der Waals surface area contributed by atoms with E-state index < -0.39 is 39.9 Å². The first kappa shape index (κ1) is 30.1. The van der Waals surface area contributed by atoms with Crippen molar-refractivity contribution in [3.63, 3.8) is 0 Å². The SMILES string of the molecule is CC[C@@H](C(=O)NC(C)(C)C)N(Cc1ccc(Cl)cc1)C(=O)CN(c1ccccc1F)S(=O)(=O)c1ccccc1. The summed E-state index contributed by atoms with van der Waals surface area (Å²) in [6, 6.07) is 18.8. The third-order valence-electron chi connectivity index (χ3n) is 5.88. The van der Waals surface area contributed by atoms with E-state index in [0.717, 1.165) is 10.4 Å². The van der Waals surface area contributed by atoms with Gasteiger partial charge in [-0.3, -0.25) is 13.9 Å². The molecule has 3 aromatic rings. The molecule has 0 bridgehead atoms. The van der Waals surface area contributed by atoms with Gasteiger partial charge in [-0.15, -0.1) is 0 Å². The number of carbonyl (C=O) groups is 2. The molecule has 10 heteroatoms. The number of sulfonamides is 1. The second kappa shape index (κ2) is 12.6. The van der Waals surface area contributed by atoms with Crippen molar-refractivity contribution in [3.8, 4) is 0 Å². The van der Waals surface area contributed by atoms with Crippen molar-refractivity contribution in [1.29, 1.82) is 0 Å². The standard InChI is InChI=1S/C29H33ClFN3O4S/c1-5-25(28(36)32-29(2,3)4)33(19-21-15-17-22(30)18-16-21)27(35)20-34(26-14-10-9-13-24(26)31)39(37,38)23-11-7-6-8-12-23/h6-18,25H,5,19-20H2,1-4H3,(H,32,36)/t25-/m0/s1. The summed E-state index contributed by atoms with van der Waals surface area (Å²) in [6.07, 6.45) is 0.270. The van der Waals surface area contributed by atoms with Gasteiger partial charge in [0, 0.05) is 17.1 Å².